The molecule has 1 atom stereocenters. The van der Waals surface area contributed by atoms with E-state index >= 15 is 0 Å². The Morgan fingerprint density at radius 1 is 0.941 bits per heavy atom. The molecular weight excluding hydrogens is 428 g/mol. The lowest BCUT2D eigenvalue weighted by atomic mass is 9.87. The number of hydrogen-bond donors (Lipinski definition) is 0. The molecule has 0 N–H and O–H groups in total. The lowest BCUT2D eigenvalue weighted by Gasteiger charge is -2.26. The minimum absolute atomic E-state index is 0.0147. The van der Waals surface area contributed by atoms with Gasteiger partial charge in [-0.3, -0.25) is 9.59 Å². The van der Waals surface area contributed by atoms with Gasteiger partial charge in [-0.25, -0.2) is 0 Å². The Morgan fingerprint density at radius 2 is 1.62 bits per heavy atom. The Labute approximate surface area is 203 Å². The van der Waals surface area contributed by atoms with Gasteiger partial charge < -0.3 is 19.3 Å². The zero-order valence-corrected chi connectivity index (χ0v) is 21.2. The number of hydrogen-bond acceptors (Lipinski definition) is 4. The molecule has 6 nitrogen and oxygen atoms in total. The molecule has 1 unspecified atom stereocenters. The summed E-state index contributed by atoms with van der Waals surface area (Å²) in [5.74, 6) is 1.62. The minimum atomic E-state index is -0.576. The largest absolute Gasteiger partial charge is 0.497 e. The van der Waals surface area contributed by atoms with E-state index in [0.29, 0.717) is 44.8 Å². The molecule has 2 amide bonds. The monoisotopic (exact) mass is 466 g/mol. The molecule has 3 rings (SSSR count). The Bertz CT molecular complexity index is 965. The van der Waals surface area contributed by atoms with Crippen molar-refractivity contribution < 1.29 is 19.1 Å². The number of carbonyl (C=O) groups is 2. The van der Waals surface area contributed by atoms with E-state index in [1.165, 1.54) is 5.56 Å². The molecule has 0 aliphatic carbocycles. The van der Waals surface area contributed by atoms with Crippen molar-refractivity contribution in [2.24, 2.45) is 0 Å². The Balaban J connectivity index is 1.50. The molecule has 1 aliphatic rings. The summed E-state index contributed by atoms with van der Waals surface area (Å²) in [4.78, 5) is 29.6. The first-order valence-electron chi connectivity index (χ1n) is 12.1. The molecule has 34 heavy (non-hydrogen) atoms. The number of carbonyl (C=O) groups excluding carboxylic acids is 2. The van der Waals surface area contributed by atoms with E-state index in [4.69, 9.17) is 9.47 Å². The van der Waals surface area contributed by atoms with Crippen LogP contribution in [0.1, 0.15) is 51.7 Å². The summed E-state index contributed by atoms with van der Waals surface area (Å²) in [5, 5.41) is 0. The molecule has 1 aliphatic heterocycles. The van der Waals surface area contributed by atoms with Crippen molar-refractivity contribution >= 4 is 11.8 Å². The van der Waals surface area contributed by atoms with E-state index in [1.807, 2.05) is 52.3 Å². The fourth-order valence-electron chi connectivity index (χ4n) is 4.14. The lowest BCUT2D eigenvalue weighted by Crippen LogP contribution is -2.43. The zero-order chi connectivity index (χ0) is 24.7. The summed E-state index contributed by atoms with van der Waals surface area (Å²) in [7, 11) is 1.64. The molecule has 1 heterocycles. The molecule has 6 heteroatoms. The van der Waals surface area contributed by atoms with Gasteiger partial charge in [0.25, 0.3) is 5.91 Å². The molecule has 1 fully saturated rings. The second kappa shape index (κ2) is 11.4. The van der Waals surface area contributed by atoms with Crippen LogP contribution in [0.4, 0.5) is 0 Å². The van der Waals surface area contributed by atoms with E-state index in [-0.39, 0.29) is 17.2 Å². The molecule has 0 bridgehead atoms. The van der Waals surface area contributed by atoms with Gasteiger partial charge in [-0.05, 0) is 60.6 Å². The van der Waals surface area contributed by atoms with Gasteiger partial charge in [0.05, 0.1) is 7.11 Å². The van der Waals surface area contributed by atoms with Gasteiger partial charge in [0.1, 0.15) is 11.5 Å². The molecular formula is C28H38N2O4. The number of benzene rings is 2. The van der Waals surface area contributed by atoms with Crippen LogP contribution in [0.2, 0.25) is 0 Å². The normalized spacial score (nSPS) is 15.4. The van der Waals surface area contributed by atoms with Crippen molar-refractivity contribution in [3.8, 4) is 11.5 Å². The fourth-order valence-corrected chi connectivity index (χ4v) is 4.14. The van der Waals surface area contributed by atoms with Crippen molar-refractivity contribution in [3.63, 3.8) is 0 Å². The maximum atomic E-state index is 13.1. The molecule has 2 aromatic rings. The maximum absolute atomic E-state index is 13.1. The van der Waals surface area contributed by atoms with E-state index in [2.05, 4.69) is 26.8 Å². The first kappa shape index (κ1) is 25.6. The molecule has 0 spiro atoms. The summed E-state index contributed by atoms with van der Waals surface area (Å²) >= 11 is 0. The van der Waals surface area contributed by atoms with Crippen LogP contribution in [0.15, 0.2) is 48.5 Å². The highest BCUT2D eigenvalue weighted by Crippen LogP contribution is 2.26. The average molecular weight is 467 g/mol. The van der Waals surface area contributed by atoms with Crippen molar-refractivity contribution in [2.45, 2.75) is 58.5 Å². The number of rotatable bonds is 7. The number of ether oxygens (including phenoxy) is 2. The molecule has 0 saturated carbocycles. The summed E-state index contributed by atoms with van der Waals surface area (Å²) in [6.45, 7) is 10.7. The highest BCUT2D eigenvalue weighted by atomic mass is 16.5. The Morgan fingerprint density at radius 3 is 2.29 bits per heavy atom. The van der Waals surface area contributed by atoms with Gasteiger partial charge in [-0.2, -0.15) is 0 Å². The fraction of sp³-hybridized carbons (Fsp3) is 0.500. The van der Waals surface area contributed by atoms with Crippen LogP contribution < -0.4 is 9.47 Å². The van der Waals surface area contributed by atoms with Crippen LogP contribution in [0.5, 0.6) is 11.5 Å². The topological polar surface area (TPSA) is 59.1 Å². The highest BCUT2D eigenvalue weighted by molar-refractivity contribution is 5.81. The third kappa shape index (κ3) is 6.99. The number of methoxy groups -OCH3 is 1. The van der Waals surface area contributed by atoms with Crippen molar-refractivity contribution in [2.75, 3.05) is 33.3 Å². The number of nitrogens with zero attached hydrogens (tertiary/aromatic N) is 2. The van der Waals surface area contributed by atoms with E-state index < -0.39 is 6.10 Å². The van der Waals surface area contributed by atoms with Crippen LogP contribution in [-0.2, 0) is 21.4 Å². The summed E-state index contributed by atoms with van der Waals surface area (Å²) in [6, 6.07) is 15.8. The summed E-state index contributed by atoms with van der Waals surface area (Å²) < 4.78 is 11.2. The van der Waals surface area contributed by atoms with Crippen LogP contribution in [0.3, 0.4) is 0 Å². The van der Waals surface area contributed by atoms with Crippen LogP contribution in [-0.4, -0.2) is 61.0 Å². The van der Waals surface area contributed by atoms with E-state index in [0.717, 1.165) is 17.7 Å². The van der Waals surface area contributed by atoms with Gasteiger partial charge in [-0.15, -0.1) is 0 Å². The van der Waals surface area contributed by atoms with Crippen LogP contribution in [0.25, 0.3) is 0 Å². The lowest BCUT2D eigenvalue weighted by molar-refractivity contribution is -0.138. The molecule has 1 saturated heterocycles. The average Bonchev–Trinajstić information content (AvgIpc) is 3.08. The zero-order valence-electron chi connectivity index (χ0n) is 21.2. The maximum Gasteiger partial charge on any atom is 0.263 e. The second-order valence-corrected chi connectivity index (χ2v) is 9.95. The van der Waals surface area contributed by atoms with Gasteiger partial charge in [0.15, 0.2) is 6.10 Å². The Kier molecular flexibility index (Phi) is 8.59. The third-order valence-corrected chi connectivity index (χ3v) is 6.31. The molecule has 2 aromatic carbocycles. The van der Waals surface area contributed by atoms with Gasteiger partial charge in [0.2, 0.25) is 5.91 Å². The van der Waals surface area contributed by atoms with E-state index in [1.54, 1.807) is 14.0 Å². The number of aryl methyl sites for hydroxylation is 1. The second-order valence-electron chi connectivity index (χ2n) is 9.95. The Hall–Kier alpha value is -3.02. The first-order chi connectivity index (χ1) is 16.2. The predicted molar refractivity (Wildman–Crippen MR) is 134 cm³/mol. The van der Waals surface area contributed by atoms with E-state index in [9.17, 15) is 9.59 Å². The van der Waals surface area contributed by atoms with Crippen molar-refractivity contribution in [3.05, 3.63) is 59.7 Å². The summed E-state index contributed by atoms with van der Waals surface area (Å²) in [5.41, 5.74) is 2.30. The summed E-state index contributed by atoms with van der Waals surface area (Å²) in [6.07, 6.45) is 1.35. The molecule has 0 radical (unpaired) electrons. The SMILES string of the molecule is COc1ccc(CCC(=O)N2CCCN(C(=O)C(C)Oc3cccc(C(C)(C)C)c3)CC2)cc1. The van der Waals surface area contributed by atoms with Crippen LogP contribution in [0, 0.1) is 0 Å². The van der Waals surface area contributed by atoms with Gasteiger partial charge in [0, 0.05) is 32.6 Å². The first-order valence-corrected chi connectivity index (χ1v) is 12.1. The third-order valence-electron chi connectivity index (χ3n) is 6.31. The van der Waals surface area contributed by atoms with Crippen molar-refractivity contribution in [1.29, 1.82) is 0 Å². The van der Waals surface area contributed by atoms with Crippen LogP contribution >= 0.6 is 0 Å². The molecule has 0 aromatic heterocycles. The van der Waals surface area contributed by atoms with Crippen molar-refractivity contribution in [1.82, 2.24) is 9.80 Å². The smallest absolute Gasteiger partial charge is 0.263 e. The quantitative estimate of drug-likeness (QED) is 0.605. The molecule has 184 valence electrons. The standard InChI is InChI=1S/C28H38N2O4/c1-21(34-25-9-6-8-23(20-25)28(2,3)4)27(32)30-17-7-16-29(18-19-30)26(31)15-12-22-10-13-24(33-5)14-11-22/h6,8-11,13-14,20-21H,7,12,15-19H2,1-5H3. The number of amides is 2. The minimum Gasteiger partial charge on any atom is -0.497 e. The predicted octanol–water partition coefficient (Wildman–Crippen LogP) is 4.45. The highest BCUT2D eigenvalue weighted by Gasteiger charge is 2.26. The van der Waals surface area contributed by atoms with Gasteiger partial charge in [-0.1, -0.05) is 45.0 Å². The van der Waals surface area contributed by atoms with Gasteiger partial charge >= 0.3 is 0 Å².